The SMILES string of the molecule is CCCOCCn1ncc(C)c1C. The lowest BCUT2D eigenvalue weighted by Crippen LogP contribution is -2.09. The van der Waals surface area contributed by atoms with Crippen molar-refractivity contribution in [3.8, 4) is 0 Å². The summed E-state index contributed by atoms with van der Waals surface area (Å²) in [5.41, 5.74) is 2.48. The highest BCUT2D eigenvalue weighted by Crippen LogP contribution is 2.04. The molecule has 3 nitrogen and oxygen atoms in total. The fraction of sp³-hybridized carbons (Fsp3) is 0.700. The Kier molecular flexibility index (Phi) is 3.96. The number of rotatable bonds is 5. The van der Waals surface area contributed by atoms with Gasteiger partial charge in [0.1, 0.15) is 0 Å². The molecule has 0 bridgehead atoms. The molecule has 0 saturated heterocycles. The summed E-state index contributed by atoms with van der Waals surface area (Å²) in [7, 11) is 0. The minimum Gasteiger partial charge on any atom is -0.380 e. The molecule has 0 aliphatic heterocycles. The quantitative estimate of drug-likeness (QED) is 0.650. The molecule has 0 atom stereocenters. The molecule has 0 aromatic carbocycles. The van der Waals surface area contributed by atoms with Gasteiger partial charge in [-0.05, 0) is 25.8 Å². The van der Waals surface area contributed by atoms with Crippen molar-refractivity contribution in [3.05, 3.63) is 17.5 Å². The summed E-state index contributed by atoms with van der Waals surface area (Å²) in [5.74, 6) is 0. The Morgan fingerprint density at radius 2 is 2.15 bits per heavy atom. The van der Waals surface area contributed by atoms with Gasteiger partial charge in [-0.1, -0.05) is 6.92 Å². The number of hydrogen-bond acceptors (Lipinski definition) is 2. The molecule has 1 heterocycles. The van der Waals surface area contributed by atoms with Gasteiger partial charge in [0.2, 0.25) is 0 Å². The smallest absolute Gasteiger partial charge is 0.0662 e. The molecule has 0 aliphatic rings. The zero-order valence-corrected chi connectivity index (χ0v) is 8.71. The highest BCUT2D eigenvalue weighted by Gasteiger charge is 2.00. The van der Waals surface area contributed by atoms with Crippen LogP contribution in [0.4, 0.5) is 0 Å². The van der Waals surface area contributed by atoms with Crippen LogP contribution < -0.4 is 0 Å². The summed E-state index contributed by atoms with van der Waals surface area (Å²) < 4.78 is 7.38. The first kappa shape index (κ1) is 10.3. The fourth-order valence-corrected chi connectivity index (χ4v) is 1.16. The summed E-state index contributed by atoms with van der Waals surface area (Å²) in [6.45, 7) is 8.74. The van der Waals surface area contributed by atoms with Crippen molar-refractivity contribution in [1.82, 2.24) is 9.78 Å². The van der Waals surface area contributed by atoms with Crippen molar-refractivity contribution in [2.24, 2.45) is 0 Å². The summed E-state index contributed by atoms with van der Waals surface area (Å²) in [5, 5.41) is 4.25. The van der Waals surface area contributed by atoms with Gasteiger partial charge in [-0.2, -0.15) is 5.10 Å². The molecule has 0 unspecified atom stereocenters. The second kappa shape index (κ2) is 5.02. The third kappa shape index (κ3) is 2.84. The van der Waals surface area contributed by atoms with Crippen LogP contribution in [0.15, 0.2) is 6.20 Å². The molecule has 0 aliphatic carbocycles. The Balaban J connectivity index is 2.32. The highest BCUT2D eigenvalue weighted by molar-refractivity contribution is 5.12. The van der Waals surface area contributed by atoms with Gasteiger partial charge in [0.25, 0.3) is 0 Å². The first-order valence-electron chi connectivity index (χ1n) is 4.82. The first-order chi connectivity index (χ1) is 6.25. The zero-order valence-electron chi connectivity index (χ0n) is 8.71. The fourth-order valence-electron chi connectivity index (χ4n) is 1.16. The van der Waals surface area contributed by atoms with Gasteiger partial charge in [0, 0.05) is 12.3 Å². The standard InChI is InChI=1S/C10H18N2O/c1-4-6-13-7-5-12-10(3)9(2)8-11-12/h8H,4-7H2,1-3H3. The lowest BCUT2D eigenvalue weighted by molar-refractivity contribution is 0.124. The summed E-state index contributed by atoms with van der Waals surface area (Å²) >= 11 is 0. The van der Waals surface area contributed by atoms with Gasteiger partial charge in [0.15, 0.2) is 0 Å². The summed E-state index contributed by atoms with van der Waals surface area (Å²) in [6.07, 6.45) is 2.98. The molecule has 1 aromatic heterocycles. The van der Waals surface area contributed by atoms with Gasteiger partial charge in [-0.3, -0.25) is 4.68 Å². The van der Waals surface area contributed by atoms with Crippen LogP contribution in [0.2, 0.25) is 0 Å². The van der Waals surface area contributed by atoms with E-state index in [0.29, 0.717) is 0 Å². The molecule has 0 amide bonds. The molecule has 1 rings (SSSR count). The number of aromatic nitrogens is 2. The van der Waals surface area contributed by atoms with E-state index < -0.39 is 0 Å². The average molecular weight is 182 g/mol. The molecular weight excluding hydrogens is 164 g/mol. The molecular formula is C10H18N2O. The Hall–Kier alpha value is -0.830. The van der Waals surface area contributed by atoms with Gasteiger partial charge in [-0.25, -0.2) is 0 Å². The maximum absolute atomic E-state index is 5.39. The molecule has 1 aromatic rings. The second-order valence-electron chi connectivity index (χ2n) is 3.25. The number of ether oxygens (including phenoxy) is 1. The van der Waals surface area contributed by atoms with E-state index in [9.17, 15) is 0 Å². The van der Waals surface area contributed by atoms with Crippen LogP contribution in [0.1, 0.15) is 24.6 Å². The van der Waals surface area contributed by atoms with Crippen molar-refractivity contribution in [3.63, 3.8) is 0 Å². The van der Waals surface area contributed by atoms with Crippen molar-refractivity contribution < 1.29 is 4.74 Å². The summed E-state index contributed by atoms with van der Waals surface area (Å²) in [6, 6.07) is 0. The van der Waals surface area contributed by atoms with E-state index >= 15 is 0 Å². The molecule has 0 N–H and O–H groups in total. The summed E-state index contributed by atoms with van der Waals surface area (Å²) in [4.78, 5) is 0. The molecule has 0 saturated carbocycles. The van der Waals surface area contributed by atoms with Crippen LogP contribution in [0.25, 0.3) is 0 Å². The maximum Gasteiger partial charge on any atom is 0.0662 e. The molecule has 0 spiro atoms. The lowest BCUT2D eigenvalue weighted by atomic mass is 10.3. The van der Waals surface area contributed by atoms with Crippen LogP contribution >= 0.6 is 0 Å². The van der Waals surface area contributed by atoms with Crippen LogP contribution in [0, 0.1) is 13.8 Å². The third-order valence-electron chi connectivity index (χ3n) is 2.14. The van der Waals surface area contributed by atoms with Crippen LogP contribution in [-0.2, 0) is 11.3 Å². The Bertz CT molecular complexity index is 255. The lowest BCUT2D eigenvalue weighted by Gasteiger charge is -2.05. The Labute approximate surface area is 79.7 Å². The van der Waals surface area contributed by atoms with Crippen LogP contribution in [0.3, 0.4) is 0 Å². The average Bonchev–Trinajstić information content (AvgIpc) is 2.43. The van der Waals surface area contributed by atoms with Gasteiger partial charge < -0.3 is 4.74 Å². The molecule has 74 valence electrons. The van der Waals surface area contributed by atoms with E-state index in [4.69, 9.17) is 4.74 Å². The van der Waals surface area contributed by atoms with E-state index in [1.54, 1.807) is 0 Å². The maximum atomic E-state index is 5.39. The predicted octanol–water partition coefficient (Wildman–Crippen LogP) is 1.93. The van der Waals surface area contributed by atoms with Crippen LogP contribution in [-0.4, -0.2) is 23.0 Å². The monoisotopic (exact) mass is 182 g/mol. The third-order valence-corrected chi connectivity index (χ3v) is 2.14. The molecule has 0 fully saturated rings. The van der Waals surface area contributed by atoms with Crippen molar-refractivity contribution in [2.75, 3.05) is 13.2 Å². The van der Waals surface area contributed by atoms with E-state index in [0.717, 1.165) is 26.2 Å². The van der Waals surface area contributed by atoms with Gasteiger partial charge in [0.05, 0.1) is 19.3 Å². The number of nitrogens with zero attached hydrogens (tertiary/aromatic N) is 2. The van der Waals surface area contributed by atoms with E-state index in [2.05, 4.69) is 25.9 Å². The van der Waals surface area contributed by atoms with E-state index in [-0.39, 0.29) is 0 Å². The van der Waals surface area contributed by atoms with Gasteiger partial charge in [-0.15, -0.1) is 0 Å². The minimum atomic E-state index is 0.760. The van der Waals surface area contributed by atoms with Crippen molar-refractivity contribution in [2.45, 2.75) is 33.7 Å². The van der Waals surface area contributed by atoms with Gasteiger partial charge >= 0.3 is 0 Å². The number of hydrogen-bond donors (Lipinski definition) is 0. The van der Waals surface area contributed by atoms with Crippen molar-refractivity contribution in [1.29, 1.82) is 0 Å². The molecule has 0 radical (unpaired) electrons. The second-order valence-corrected chi connectivity index (χ2v) is 3.25. The Morgan fingerprint density at radius 3 is 2.69 bits per heavy atom. The first-order valence-corrected chi connectivity index (χ1v) is 4.82. The molecule has 3 heteroatoms. The largest absolute Gasteiger partial charge is 0.380 e. The molecule has 13 heavy (non-hydrogen) atoms. The minimum absolute atomic E-state index is 0.760. The predicted molar refractivity (Wildman–Crippen MR) is 52.8 cm³/mol. The number of aryl methyl sites for hydroxylation is 1. The zero-order chi connectivity index (χ0) is 9.68. The van der Waals surface area contributed by atoms with Crippen molar-refractivity contribution >= 4 is 0 Å². The Morgan fingerprint density at radius 1 is 1.38 bits per heavy atom. The van der Waals surface area contributed by atoms with E-state index in [1.165, 1.54) is 11.3 Å². The van der Waals surface area contributed by atoms with Crippen LogP contribution in [0.5, 0.6) is 0 Å². The topological polar surface area (TPSA) is 27.1 Å². The highest BCUT2D eigenvalue weighted by atomic mass is 16.5. The normalized spacial score (nSPS) is 10.7. The van der Waals surface area contributed by atoms with E-state index in [1.807, 2.05) is 10.9 Å².